The number of aliphatic hydroxyl groups excluding tert-OH is 1. The van der Waals surface area contributed by atoms with E-state index in [9.17, 15) is 5.11 Å². The SMILES string of the molecule is CCC[C@H](CCO)Oc1nc(N)c2ncc(Cc3ccc(OCCNC)cc3Cl)n2n1. The fourth-order valence-electron chi connectivity index (χ4n) is 3.20. The summed E-state index contributed by atoms with van der Waals surface area (Å²) in [7, 11) is 1.87. The Kier molecular flexibility index (Phi) is 8.27. The van der Waals surface area contributed by atoms with Crippen LogP contribution < -0.4 is 20.5 Å². The fourth-order valence-corrected chi connectivity index (χ4v) is 3.44. The lowest BCUT2D eigenvalue weighted by Gasteiger charge is -2.16. The Hall–Kier alpha value is -2.62. The molecule has 2 aromatic heterocycles. The first-order valence-corrected chi connectivity index (χ1v) is 10.8. The predicted molar refractivity (Wildman–Crippen MR) is 120 cm³/mol. The Morgan fingerprint density at radius 1 is 1.32 bits per heavy atom. The highest BCUT2D eigenvalue weighted by Crippen LogP contribution is 2.26. The van der Waals surface area contributed by atoms with Gasteiger partial charge in [0.1, 0.15) is 18.5 Å². The van der Waals surface area contributed by atoms with Gasteiger partial charge >= 0.3 is 6.01 Å². The molecule has 0 spiro atoms. The van der Waals surface area contributed by atoms with Crippen LogP contribution in [0.5, 0.6) is 11.8 Å². The number of fused-ring (bicyclic) bond motifs is 1. The van der Waals surface area contributed by atoms with Gasteiger partial charge in [0.25, 0.3) is 0 Å². The first-order chi connectivity index (χ1) is 15.0. The van der Waals surface area contributed by atoms with E-state index in [4.69, 9.17) is 26.8 Å². The third kappa shape index (κ3) is 5.96. The second kappa shape index (κ2) is 11.1. The summed E-state index contributed by atoms with van der Waals surface area (Å²) >= 11 is 6.48. The maximum atomic E-state index is 9.26. The van der Waals surface area contributed by atoms with E-state index < -0.39 is 0 Å². The molecule has 2 heterocycles. The average molecular weight is 449 g/mol. The van der Waals surface area contributed by atoms with Crippen molar-refractivity contribution in [2.45, 2.75) is 38.7 Å². The zero-order chi connectivity index (χ0) is 22.2. The quantitative estimate of drug-likeness (QED) is 0.361. The lowest BCUT2D eigenvalue weighted by molar-refractivity contribution is 0.133. The van der Waals surface area contributed by atoms with Crippen molar-refractivity contribution in [1.29, 1.82) is 0 Å². The number of rotatable bonds is 12. The number of imidazole rings is 1. The highest BCUT2D eigenvalue weighted by molar-refractivity contribution is 6.31. The molecular weight excluding hydrogens is 420 g/mol. The normalized spacial score (nSPS) is 12.3. The van der Waals surface area contributed by atoms with Gasteiger partial charge in [-0.2, -0.15) is 4.98 Å². The van der Waals surface area contributed by atoms with Gasteiger partial charge in [0.15, 0.2) is 11.5 Å². The molecule has 0 amide bonds. The first kappa shape index (κ1) is 23.1. The summed E-state index contributed by atoms with van der Waals surface area (Å²) in [6.07, 6.45) is 4.24. The summed E-state index contributed by atoms with van der Waals surface area (Å²) < 4.78 is 13.2. The van der Waals surface area contributed by atoms with E-state index in [1.165, 1.54) is 0 Å². The van der Waals surface area contributed by atoms with Gasteiger partial charge in [0, 0.05) is 31.0 Å². The number of halogens is 1. The summed E-state index contributed by atoms with van der Waals surface area (Å²) in [5.41, 5.74) is 8.25. The molecule has 3 aromatic rings. The molecule has 0 unspecified atom stereocenters. The summed E-state index contributed by atoms with van der Waals surface area (Å²) in [6.45, 7) is 3.41. The summed E-state index contributed by atoms with van der Waals surface area (Å²) in [5.74, 6) is 0.949. The number of anilines is 1. The van der Waals surface area contributed by atoms with Crippen molar-refractivity contribution in [2.75, 3.05) is 32.5 Å². The number of nitrogens with one attached hydrogen (secondary N) is 1. The first-order valence-electron chi connectivity index (χ1n) is 10.4. The van der Waals surface area contributed by atoms with E-state index in [1.807, 2.05) is 19.2 Å². The molecule has 1 aromatic carbocycles. The Labute approximate surface area is 186 Å². The standard InChI is InChI=1S/C21H29ClN6O3/c1-3-4-16(7-9-29)31-21-26-19(23)20-25-13-15(28(20)27-21)11-14-5-6-17(12-18(14)22)30-10-8-24-2/h5-6,12-13,16,24,29H,3-4,7-11H2,1-2H3,(H2,23,26,27)/t16-/m1/s1. The second-order valence-electron chi connectivity index (χ2n) is 7.19. The maximum absolute atomic E-state index is 9.26. The van der Waals surface area contributed by atoms with Crippen LogP contribution in [0, 0.1) is 0 Å². The van der Waals surface area contributed by atoms with Crippen LogP contribution in [0.2, 0.25) is 5.02 Å². The zero-order valence-electron chi connectivity index (χ0n) is 17.8. The number of aromatic nitrogens is 4. The predicted octanol–water partition coefficient (Wildman–Crippen LogP) is 2.48. The minimum atomic E-state index is -0.177. The number of ether oxygens (including phenoxy) is 2. The third-order valence-electron chi connectivity index (χ3n) is 4.79. The van der Waals surface area contributed by atoms with Crippen molar-refractivity contribution >= 4 is 23.1 Å². The average Bonchev–Trinajstić information content (AvgIpc) is 3.14. The molecule has 4 N–H and O–H groups in total. The molecule has 168 valence electrons. The Morgan fingerprint density at radius 3 is 2.87 bits per heavy atom. The van der Waals surface area contributed by atoms with E-state index in [2.05, 4.69) is 27.3 Å². The molecule has 0 bridgehead atoms. The molecule has 0 fully saturated rings. The summed E-state index contributed by atoms with van der Waals surface area (Å²) in [6, 6.07) is 5.78. The van der Waals surface area contributed by atoms with Gasteiger partial charge in [-0.3, -0.25) is 0 Å². The summed E-state index contributed by atoms with van der Waals surface area (Å²) in [5, 5.41) is 17.4. The van der Waals surface area contributed by atoms with E-state index in [1.54, 1.807) is 16.8 Å². The fraction of sp³-hybridized carbons (Fsp3) is 0.476. The number of nitrogens with zero attached hydrogens (tertiary/aromatic N) is 4. The molecule has 31 heavy (non-hydrogen) atoms. The van der Waals surface area contributed by atoms with Crippen molar-refractivity contribution in [3.8, 4) is 11.8 Å². The molecule has 0 saturated heterocycles. The summed E-state index contributed by atoms with van der Waals surface area (Å²) in [4.78, 5) is 8.57. The maximum Gasteiger partial charge on any atom is 0.336 e. The van der Waals surface area contributed by atoms with Gasteiger partial charge in [0.2, 0.25) is 0 Å². The van der Waals surface area contributed by atoms with E-state index in [0.29, 0.717) is 30.1 Å². The highest BCUT2D eigenvalue weighted by Gasteiger charge is 2.16. The monoisotopic (exact) mass is 448 g/mol. The van der Waals surface area contributed by atoms with E-state index >= 15 is 0 Å². The zero-order valence-corrected chi connectivity index (χ0v) is 18.6. The van der Waals surface area contributed by atoms with Crippen LogP contribution in [0.4, 0.5) is 5.82 Å². The van der Waals surface area contributed by atoms with Crippen LogP contribution in [-0.4, -0.2) is 57.6 Å². The van der Waals surface area contributed by atoms with Crippen LogP contribution >= 0.6 is 11.6 Å². The van der Waals surface area contributed by atoms with Crippen molar-refractivity contribution < 1.29 is 14.6 Å². The van der Waals surface area contributed by atoms with Gasteiger partial charge in [-0.1, -0.05) is 31.0 Å². The number of nitrogens with two attached hydrogens (primary N) is 1. The Morgan fingerprint density at radius 2 is 2.16 bits per heavy atom. The molecular formula is C21H29ClN6O3. The lowest BCUT2D eigenvalue weighted by Crippen LogP contribution is -2.20. The number of nitrogen functional groups attached to an aromatic ring is 1. The molecule has 0 aliphatic heterocycles. The van der Waals surface area contributed by atoms with E-state index in [0.717, 1.165) is 36.4 Å². The van der Waals surface area contributed by atoms with Gasteiger partial charge in [-0.25, -0.2) is 9.50 Å². The number of hydrogen-bond donors (Lipinski definition) is 3. The molecule has 3 rings (SSSR count). The number of benzene rings is 1. The number of aliphatic hydroxyl groups is 1. The Balaban J connectivity index is 1.82. The van der Waals surface area contributed by atoms with Crippen LogP contribution in [0.25, 0.3) is 5.65 Å². The van der Waals surface area contributed by atoms with Crippen LogP contribution in [-0.2, 0) is 6.42 Å². The van der Waals surface area contributed by atoms with Crippen molar-refractivity contribution in [1.82, 2.24) is 24.9 Å². The van der Waals surface area contributed by atoms with Crippen molar-refractivity contribution in [2.24, 2.45) is 0 Å². The van der Waals surface area contributed by atoms with Crippen LogP contribution in [0.3, 0.4) is 0 Å². The molecule has 10 heteroatoms. The molecule has 0 aliphatic carbocycles. The largest absolute Gasteiger partial charge is 0.492 e. The van der Waals surface area contributed by atoms with Gasteiger partial charge < -0.3 is 25.6 Å². The molecule has 0 aliphatic rings. The second-order valence-corrected chi connectivity index (χ2v) is 7.59. The highest BCUT2D eigenvalue weighted by atomic mass is 35.5. The van der Waals surface area contributed by atoms with Gasteiger partial charge in [-0.15, -0.1) is 5.10 Å². The molecule has 0 radical (unpaired) electrons. The van der Waals surface area contributed by atoms with Crippen LogP contribution in [0.1, 0.15) is 37.4 Å². The number of likely N-dealkylation sites (N-methyl/N-ethyl adjacent to an activating group) is 1. The number of hydrogen-bond acceptors (Lipinski definition) is 8. The van der Waals surface area contributed by atoms with Gasteiger partial charge in [-0.05, 0) is 31.2 Å². The molecule has 9 nitrogen and oxygen atoms in total. The third-order valence-corrected chi connectivity index (χ3v) is 5.14. The van der Waals surface area contributed by atoms with Crippen molar-refractivity contribution in [3.63, 3.8) is 0 Å². The molecule has 0 saturated carbocycles. The Bertz CT molecular complexity index is 991. The topological polar surface area (TPSA) is 120 Å². The smallest absolute Gasteiger partial charge is 0.336 e. The minimum Gasteiger partial charge on any atom is -0.492 e. The van der Waals surface area contributed by atoms with Gasteiger partial charge in [0.05, 0.1) is 11.9 Å². The lowest BCUT2D eigenvalue weighted by atomic mass is 10.1. The van der Waals surface area contributed by atoms with Crippen molar-refractivity contribution in [3.05, 3.63) is 40.7 Å². The molecule has 1 atom stereocenters. The minimum absolute atomic E-state index is 0.0336. The van der Waals surface area contributed by atoms with E-state index in [-0.39, 0.29) is 24.5 Å². The van der Waals surface area contributed by atoms with Crippen LogP contribution in [0.15, 0.2) is 24.4 Å².